The zero-order valence-electron chi connectivity index (χ0n) is 15.3. The topological polar surface area (TPSA) is 44.8 Å². The number of para-hydroxylation sites is 1. The second-order valence-corrected chi connectivity index (χ2v) is 6.34. The molecule has 0 bridgehead atoms. The SMILES string of the molecule is COc1ccc(N2CCN(C(=O)CCNc3c(F)cccc3F)CC2)cc1. The predicted molar refractivity (Wildman–Crippen MR) is 101 cm³/mol. The maximum atomic E-state index is 13.6. The van der Waals surface area contributed by atoms with Crippen molar-refractivity contribution in [2.45, 2.75) is 6.42 Å². The standard InChI is InChI=1S/C20H23F2N3O2/c1-27-16-7-5-15(6-8-16)24-11-13-25(14-12-24)19(26)9-10-23-20-17(21)3-2-4-18(20)22/h2-8,23H,9-14H2,1H3. The van der Waals surface area contributed by atoms with Gasteiger partial charge in [-0.15, -0.1) is 0 Å². The lowest BCUT2D eigenvalue weighted by molar-refractivity contribution is -0.131. The molecule has 1 amide bonds. The van der Waals surface area contributed by atoms with Crippen molar-refractivity contribution in [1.82, 2.24) is 4.90 Å². The van der Waals surface area contributed by atoms with E-state index < -0.39 is 11.6 Å². The van der Waals surface area contributed by atoms with E-state index in [1.54, 1.807) is 12.0 Å². The Hall–Kier alpha value is -2.83. The molecule has 0 saturated carbocycles. The summed E-state index contributed by atoms with van der Waals surface area (Å²) in [6.45, 7) is 2.92. The third-order valence-corrected chi connectivity index (χ3v) is 4.67. The van der Waals surface area contributed by atoms with Gasteiger partial charge in [0.25, 0.3) is 0 Å². The van der Waals surface area contributed by atoms with Gasteiger partial charge in [-0.2, -0.15) is 0 Å². The number of nitrogens with zero attached hydrogens (tertiary/aromatic N) is 2. The number of benzene rings is 2. The number of carbonyl (C=O) groups excluding carboxylic acids is 1. The van der Waals surface area contributed by atoms with Crippen LogP contribution in [0, 0.1) is 11.6 Å². The number of hydrogen-bond donors (Lipinski definition) is 1. The van der Waals surface area contributed by atoms with E-state index >= 15 is 0 Å². The lowest BCUT2D eigenvalue weighted by atomic mass is 10.2. The number of piperazine rings is 1. The molecular weight excluding hydrogens is 352 g/mol. The lowest BCUT2D eigenvalue weighted by Gasteiger charge is -2.36. The minimum Gasteiger partial charge on any atom is -0.497 e. The largest absolute Gasteiger partial charge is 0.497 e. The Morgan fingerprint density at radius 2 is 1.67 bits per heavy atom. The van der Waals surface area contributed by atoms with Crippen LogP contribution in [0.3, 0.4) is 0 Å². The fraction of sp³-hybridized carbons (Fsp3) is 0.350. The first-order valence-electron chi connectivity index (χ1n) is 8.93. The van der Waals surface area contributed by atoms with Crippen molar-refractivity contribution in [1.29, 1.82) is 0 Å². The summed E-state index contributed by atoms with van der Waals surface area (Å²) in [5.74, 6) is -0.522. The number of carbonyl (C=O) groups is 1. The van der Waals surface area contributed by atoms with Crippen LogP contribution in [0.4, 0.5) is 20.2 Å². The van der Waals surface area contributed by atoms with Crippen molar-refractivity contribution >= 4 is 17.3 Å². The Bertz CT molecular complexity index is 755. The first kappa shape index (κ1) is 18.9. The first-order valence-corrected chi connectivity index (χ1v) is 8.93. The summed E-state index contributed by atoms with van der Waals surface area (Å²) in [7, 11) is 1.63. The average molecular weight is 375 g/mol. The van der Waals surface area contributed by atoms with E-state index in [0.29, 0.717) is 13.1 Å². The molecule has 2 aromatic carbocycles. The highest BCUT2D eigenvalue weighted by atomic mass is 19.1. The Labute approximate surface area is 157 Å². The van der Waals surface area contributed by atoms with Crippen LogP contribution >= 0.6 is 0 Å². The van der Waals surface area contributed by atoms with Gasteiger partial charge in [-0.3, -0.25) is 4.79 Å². The smallest absolute Gasteiger partial charge is 0.224 e. The summed E-state index contributed by atoms with van der Waals surface area (Å²) < 4.78 is 32.3. The molecule has 0 aliphatic carbocycles. The van der Waals surface area contributed by atoms with Gasteiger partial charge in [-0.05, 0) is 36.4 Å². The third-order valence-electron chi connectivity index (χ3n) is 4.67. The number of anilines is 2. The number of hydrogen-bond acceptors (Lipinski definition) is 4. The zero-order valence-corrected chi connectivity index (χ0v) is 15.3. The van der Waals surface area contributed by atoms with Crippen LogP contribution < -0.4 is 15.0 Å². The van der Waals surface area contributed by atoms with Crippen LogP contribution in [0.25, 0.3) is 0 Å². The molecule has 0 aromatic heterocycles. The Kier molecular flexibility index (Phi) is 6.11. The highest BCUT2D eigenvalue weighted by Crippen LogP contribution is 2.21. The summed E-state index contributed by atoms with van der Waals surface area (Å²) in [4.78, 5) is 16.4. The molecule has 1 heterocycles. The van der Waals surface area contributed by atoms with E-state index in [1.165, 1.54) is 18.2 Å². The fourth-order valence-corrected chi connectivity index (χ4v) is 3.13. The molecule has 1 N–H and O–H groups in total. The van der Waals surface area contributed by atoms with Gasteiger partial charge in [0.15, 0.2) is 0 Å². The van der Waals surface area contributed by atoms with Gasteiger partial charge in [0.1, 0.15) is 23.1 Å². The summed E-state index contributed by atoms with van der Waals surface area (Å²) in [6.07, 6.45) is 0.191. The van der Waals surface area contributed by atoms with Crippen LogP contribution in [-0.4, -0.2) is 50.6 Å². The zero-order chi connectivity index (χ0) is 19.2. The molecule has 0 spiro atoms. The van der Waals surface area contributed by atoms with Crippen LogP contribution in [0.2, 0.25) is 0 Å². The quantitative estimate of drug-likeness (QED) is 0.843. The maximum absolute atomic E-state index is 13.6. The summed E-state index contributed by atoms with van der Waals surface area (Å²) >= 11 is 0. The highest BCUT2D eigenvalue weighted by molar-refractivity contribution is 5.77. The average Bonchev–Trinajstić information content (AvgIpc) is 2.70. The number of methoxy groups -OCH3 is 1. The number of nitrogens with one attached hydrogen (secondary N) is 1. The molecule has 0 unspecified atom stereocenters. The molecular formula is C20H23F2N3O2. The van der Waals surface area contributed by atoms with Gasteiger partial charge in [0, 0.05) is 44.8 Å². The second-order valence-electron chi connectivity index (χ2n) is 6.34. The van der Waals surface area contributed by atoms with E-state index in [2.05, 4.69) is 10.2 Å². The molecule has 1 fully saturated rings. The van der Waals surface area contributed by atoms with Crippen molar-refractivity contribution in [3.63, 3.8) is 0 Å². The lowest BCUT2D eigenvalue weighted by Crippen LogP contribution is -2.49. The summed E-state index contributed by atoms with van der Waals surface area (Å²) in [6, 6.07) is 11.5. The highest BCUT2D eigenvalue weighted by Gasteiger charge is 2.21. The van der Waals surface area contributed by atoms with Gasteiger partial charge in [-0.25, -0.2) is 8.78 Å². The molecule has 1 aliphatic heterocycles. The molecule has 144 valence electrons. The van der Waals surface area contributed by atoms with E-state index in [0.717, 1.165) is 24.5 Å². The molecule has 2 aromatic rings. The molecule has 1 saturated heterocycles. The molecule has 5 nitrogen and oxygen atoms in total. The van der Waals surface area contributed by atoms with Gasteiger partial charge >= 0.3 is 0 Å². The van der Waals surface area contributed by atoms with Crippen molar-refractivity contribution in [3.05, 3.63) is 54.1 Å². The number of halogens is 2. The molecule has 0 atom stereocenters. The second kappa shape index (κ2) is 8.70. The predicted octanol–water partition coefficient (Wildman–Crippen LogP) is 3.12. The number of amides is 1. The van der Waals surface area contributed by atoms with E-state index in [9.17, 15) is 13.6 Å². The molecule has 1 aliphatic rings. The summed E-state index contributed by atoms with van der Waals surface area (Å²) in [5.41, 5.74) is 0.911. The van der Waals surface area contributed by atoms with Crippen molar-refractivity contribution < 1.29 is 18.3 Å². The van der Waals surface area contributed by atoms with Crippen LogP contribution in [-0.2, 0) is 4.79 Å². The van der Waals surface area contributed by atoms with Crippen molar-refractivity contribution in [3.8, 4) is 5.75 Å². The third kappa shape index (κ3) is 4.67. The first-order chi connectivity index (χ1) is 13.1. The minimum atomic E-state index is -0.657. The molecule has 0 radical (unpaired) electrons. The van der Waals surface area contributed by atoms with Crippen LogP contribution in [0.1, 0.15) is 6.42 Å². The number of ether oxygens (including phenoxy) is 1. The maximum Gasteiger partial charge on any atom is 0.224 e. The Morgan fingerprint density at radius 3 is 2.26 bits per heavy atom. The van der Waals surface area contributed by atoms with E-state index in [4.69, 9.17) is 4.74 Å². The van der Waals surface area contributed by atoms with E-state index in [-0.39, 0.29) is 24.6 Å². The Balaban J connectivity index is 1.45. The molecule has 27 heavy (non-hydrogen) atoms. The van der Waals surface area contributed by atoms with Crippen molar-refractivity contribution in [2.24, 2.45) is 0 Å². The van der Waals surface area contributed by atoms with Gasteiger partial charge in [0.2, 0.25) is 5.91 Å². The fourth-order valence-electron chi connectivity index (χ4n) is 3.13. The van der Waals surface area contributed by atoms with Crippen LogP contribution in [0.15, 0.2) is 42.5 Å². The summed E-state index contributed by atoms with van der Waals surface area (Å²) in [5, 5.41) is 2.68. The molecule has 3 rings (SSSR count). The monoisotopic (exact) mass is 375 g/mol. The van der Waals surface area contributed by atoms with Crippen LogP contribution in [0.5, 0.6) is 5.75 Å². The number of rotatable bonds is 6. The van der Waals surface area contributed by atoms with Gasteiger partial charge in [0.05, 0.1) is 7.11 Å². The Morgan fingerprint density at radius 1 is 1.04 bits per heavy atom. The molecule has 7 heteroatoms. The van der Waals surface area contributed by atoms with Gasteiger partial charge in [-0.1, -0.05) is 6.07 Å². The van der Waals surface area contributed by atoms with E-state index in [1.807, 2.05) is 24.3 Å². The van der Waals surface area contributed by atoms with Gasteiger partial charge < -0.3 is 19.9 Å². The normalized spacial score (nSPS) is 14.2. The minimum absolute atomic E-state index is 0.0198. The van der Waals surface area contributed by atoms with Crippen molar-refractivity contribution in [2.75, 3.05) is 50.1 Å².